The van der Waals surface area contributed by atoms with Gasteiger partial charge < -0.3 is 20.3 Å². The highest BCUT2D eigenvalue weighted by atomic mass is 16.5. The number of para-hydroxylation sites is 2. The molecule has 2 aromatic rings. The molecule has 3 rings (SSSR count). The van der Waals surface area contributed by atoms with Crippen LogP contribution in [0.3, 0.4) is 0 Å². The zero-order chi connectivity index (χ0) is 18.9. The highest BCUT2D eigenvalue weighted by Gasteiger charge is 2.15. The van der Waals surface area contributed by atoms with E-state index in [0.29, 0.717) is 18.1 Å². The number of nitrogens with zero attached hydrogens (tertiary/aromatic N) is 3. The Labute approximate surface area is 160 Å². The van der Waals surface area contributed by atoms with Crippen molar-refractivity contribution < 1.29 is 9.53 Å². The van der Waals surface area contributed by atoms with Crippen LogP contribution < -0.4 is 15.5 Å². The zero-order valence-electron chi connectivity index (χ0n) is 15.8. The molecule has 1 amide bonds. The van der Waals surface area contributed by atoms with E-state index in [1.165, 1.54) is 0 Å². The Kier molecular flexibility index (Phi) is 6.98. The van der Waals surface area contributed by atoms with Crippen LogP contribution in [0.4, 0.5) is 17.2 Å². The Morgan fingerprint density at radius 2 is 1.93 bits per heavy atom. The number of hydrogen-bond donors (Lipinski definition) is 2. The summed E-state index contributed by atoms with van der Waals surface area (Å²) < 4.78 is 5.43. The number of nitrogens with one attached hydrogen (secondary N) is 2. The molecule has 0 radical (unpaired) electrons. The molecule has 144 valence electrons. The van der Waals surface area contributed by atoms with E-state index in [1.807, 2.05) is 18.2 Å². The molecule has 0 bridgehead atoms. The van der Waals surface area contributed by atoms with Crippen molar-refractivity contribution in [2.24, 2.45) is 0 Å². The molecule has 1 aliphatic heterocycles. The van der Waals surface area contributed by atoms with Crippen molar-refractivity contribution in [2.75, 3.05) is 43.1 Å². The van der Waals surface area contributed by atoms with Crippen LogP contribution in [0.1, 0.15) is 36.7 Å². The van der Waals surface area contributed by atoms with E-state index in [-0.39, 0.29) is 5.91 Å². The number of ether oxygens (including phenoxy) is 1. The SMILES string of the molecule is CCCCCNC(=O)c1ccc(Nc2ccccc2N2CCOCC2)nn1. The topological polar surface area (TPSA) is 79.4 Å². The van der Waals surface area contributed by atoms with Gasteiger partial charge in [-0.3, -0.25) is 4.79 Å². The van der Waals surface area contributed by atoms with Gasteiger partial charge in [0, 0.05) is 19.6 Å². The summed E-state index contributed by atoms with van der Waals surface area (Å²) in [6.07, 6.45) is 3.22. The average Bonchev–Trinajstić information content (AvgIpc) is 2.73. The molecule has 0 atom stereocenters. The zero-order valence-corrected chi connectivity index (χ0v) is 15.8. The van der Waals surface area contributed by atoms with Crippen LogP contribution in [0.15, 0.2) is 36.4 Å². The lowest BCUT2D eigenvalue weighted by Crippen LogP contribution is -2.36. The molecule has 1 saturated heterocycles. The molecule has 7 heteroatoms. The summed E-state index contributed by atoms with van der Waals surface area (Å²) in [4.78, 5) is 14.4. The third-order valence-electron chi connectivity index (χ3n) is 4.48. The fraction of sp³-hybridized carbons (Fsp3) is 0.450. The monoisotopic (exact) mass is 369 g/mol. The van der Waals surface area contributed by atoms with Crippen molar-refractivity contribution in [3.63, 3.8) is 0 Å². The summed E-state index contributed by atoms with van der Waals surface area (Å²) in [5.41, 5.74) is 2.41. The summed E-state index contributed by atoms with van der Waals surface area (Å²) in [6, 6.07) is 11.6. The van der Waals surface area contributed by atoms with E-state index in [1.54, 1.807) is 12.1 Å². The number of aromatic nitrogens is 2. The van der Waals surface area contributed by atoms with Crippen LogP contribution in [0.25, 0.3) is 0 Å². The maximum atomic E-state index is 12.1. The van der Waals surface area contributed by atoms with Gasteiger partial charge in [-0.25, -0.2) is 0 Å². The van der Waals surface area contributed by atoms with Gasteiger partial charge in [-0.05, 0) is 30.7 Å². The molecular weight excluding hydrogens is 342 g/mol. The Hall–Kier alpha value is -2.67. The Bertz CT molecular complexity index is 729. The fourth-order valence-electron chi connectivity index (χ4n) is 2.98. The fourth-order valence-corrected chi connectivity index (χ4v) is 2.98. The number of anilines is 3. The maximum absolute atomic E-state index is 12.1. The number of benzene rings is 1. The van der Waals surface area contributed by atoms with Gasteiger partial charge in [0.2, 0.25) is 0 Å². The van der Waals surface area contributed by atoms with E-state index >= 15 is 0 Å². The van der Waals surface area contributed by atoms with Crippen molar-refractivity contribution in [1.29, 1.82) is 0 Å². The summed E-state index contributed by atoms with van der Waals surface area (Å²) in [5.74, 6) is 0.428. The molecule has 7 nitrogen and oxygen atoms in total. The number of amides is 1. The minimum Gasteiger partial charge on any atom is -0.378 e. The molecule has 0 aliphatic carbocycles. The average molecular weight is 369 g/mol. The second-order valence-electron chi connectivity index (χ2n) is 6.51. The first-order valence-corrected chi connectivity index (χ1v) is 9.58. The second-order valence-corrected chi connectivity index (χ2v) is 6.51. The van der Waals surface area contributed by atoms with E-state index in [9.17, 15) is 4.79 Å². The molecular formula is C20H27N5O2. The van der Waals surface area contributed by atoms with Crippen LogP contribution in [0, 0.1) is 0 Å². The number of carbonyl (C=O) groups excluding carboxylic acids is 1. The van der Waals surface area contributed by atoms with Gasteiger partial charge in [-0.1, -0.05) is 31.9 Å². The molecule has 2 heterocycles. The maximum Gasteiger partial charge on any atom is 0.271 e. The van der Waals surface area contributed by atoms with Gasteiger partial charge in [0.05, 0.1) is 24.6 Å². The summed E-state index contributed by atoms with van der Waals surface area (Å²) in [5, 5.41) is 14.4. The quantitative estimate of drug-likeness (QED) is 0.697. The van der Waals surface area contributed by atoms with Gasteiger partial charge in [0.15, 0.2) is 11.5 Å². The smallest absolute Gasteiger partial charge is 0.271 e. The van der Waals surface area contributed by atoms with Gasteiger partial charge in [-0.15, -0.1) is 10.2 Å². The number of carbonyl (C=O) groups is 1. The Morgan fingerprint density at radius 3 is 2.67 bits per heavy atom. The minimum absolute atomic E-state index is 0.182. The molecule has 1 aliphatic rings. The molecule has 1 aromatic carbocycles. The highest BCUT2D eigenvalue weighted by molar-refractivity contribution is 5.92. The molecule has 0 saturated carbocycles. The predicted octanol–water partition coefficient (Wildman–Crippen LogP) is 2.98. The van der Waals surface area contributed by atoms with E-state index in [0.717, 1.165) is 56.9 Å². The van der Waals surface area contributed by atoms with Crippen molar-refractivity contribution in [3.8, 4) is 0 Å². The molecule has 27 heavy (non-hydrogen) atoms. The molecule has 0 spiro atoms. The molecule has 2 N–H and O–H groups in total. The van der Waals surface area contributed by atoms with Crippen molar-refractivity contribution in [2.45, 2.75) is 26.2 Å². The van der Waals surface area contributed by atoms with E-state index in [4.69, 9.17) is 4.74 Å². The standard InChI is InChI=1S/C20H27N5O2/c1-2-3-6-11-21-20(26)17-9-10-19(24-23-17)22-16-7-4-5-8-18(16)25-12-14-27-15-13-25/h4-5,7-10H,2-3,6,11-15H2,1H3,(H,21,26)(H,22,24). The van der Waals surface area contributed by atoms with E-state index < -0.39 is 0 Å². The van der Waals surface area contributed by atoms with Gasteiger partial charge >= 0.3 is 0 Å². The number of hydrogen-bond acceptors (Lipinski definition) is 6. The Balaban J connectivity index is 1.62. The lowest BCUT2D eigenvalue weighted by Gasteiger charge is -2.30. The van der Waals surface area contributed by atoms with Crippen LogP contribution in [-0.2, 0) is 4.74 Å². The van der Waals surface area contributed by atoms with Crippen LogP contribution >= 0.6 is 0 Å². The molecule has 1 fully saturated rings. The first-order chi connectivity index (χ1) is 13.3. The Morgan fingerprint density at radius 1 is 1.11 bits per heavy atom. The molecule has 0 unspecified atom stereocenters. The normalized spacial score (nSPS) is 14.0. The van der Waals surface area contributed by atoms with Crippen LogP contribution in [0.2, 0.25) is 0 Å². The summed E-state index contributed by atoms with van der Waals surface area (Å²) in [7, 11) is 0. The number of unbranched alkanes of at least 4 members (excludes halogenated alkanes) is 2. The predicted molar refractivity (Wildman–Crippen MR) is 107 cm³/mol. The number of rotatable bonds is 8. The van der Waals surface area contributed by atoms with Crippen molar-refractivity contribution in [1.82, 2.24) is 15.5 Å². The van der Waals surface area contributed by atoms with Gasteiger partial charge in [0.1, 0.15) is 0 Å². The summed E-state index contributed by atoms with van der Waals surface area (Å²) >= 11 is 0. The van der Waals surface area contributed by atoms with Crippen molar-refractivity contribution in [3.05, 3.63) is 42.1 Å². The third-order valence-corrected chi connectivity index (χ3v) is 4.48. The van der Waals surface area contributed by atoms with Crippen LogP contribution in [-0.4, -0.2) is 49.0 Å². The first kappa shape index (κ1) is 19.1. The highest BCUT2D eigenvalue weighted by Crippen LogP contribution is 2.28. The van der Waals surface area contributed by atoms with E-state index in [2.05, 4.69) is 38.7 Å². The molecule has 1 aromatic heterocycles. The first-order valence-electron chi connectivity index (χ1n) is 9.58. The number of morpholine rings is 1. The largest absolute Gasteiger partial charge is 0.378 e. The van der Waals surface area contributed by atoms with Crippen molar-refractivity contribution >= 4 is 23.1 Å². The summed E-state index contributed by atoms with van der Waals surface area (Å²) in [6.45, 7) is 5.99. The second kappa shape index (κ2) is 9.87. The lowest BCUT2D eigenvalue weighted by molar-refractivity contribution is 0.0947. The minimum atomic E-state index is -0.182. The lowest BCUT2D eigenvalue weighted by atomic mass is 10.2. The van der Waals surface area contributed by atoms with Gasteiger partial charge in [0.25, 0.3) is 5.91 Å². The van der Waals surface area contributed by atoms with Crippen LogP contribution in [0.5, 0.6) is 0 Å². The third kappa shape index (κ3) is 5.40. The van der Waals surface area contributed by atoms with Gasteiger partial charge in [-0.2, -0.15) is 0 Å².